The Labute approximate surface area is 142 Å². The maximum Gasteiger partial charge on any atom is 0.0946 e. The van der Waals surface area contributed by atoms with E-state index in [9.17, 15) is 0 Å². The lowest BCUT2D eigenvalue weighted by molar-refractivity contribution is 0.240. The Morgan fingerprint density at radius 1 is 1.27 bits per heavy atom. The molecule has 118 valence electrons. The Hall–Kier alpha value is -0.930. The number of aromatic nitrogens is 2. The standard InChI is InChI=1S/C18H23ClN2S/c1-14-4-2-3-5-17(14)18(12-21-11-10-20-13-21)22-16-8-6-15(19)7-9-16/h6-11,13-14,17-18H,2-5,12H2,1H3. The van der Waals surface area contributed by atoms with Crippen LogP contribution in [-0.2, 0) is 6.54 Å². The van der Waals surface area contributed by atoms with E-state index in [4.69, 9.17) is 11.6 Å². The minimum absolute atomic E-state index is 0.589. The minimum atomic E-state index is 0.589. The van der Waals surface area contributed by atoms with E-state index in [1.165, 1.54) is 30.6 Å². The summed E-state index contributed by atoms with van der Waals surface area (Å²) in [4.78, 5) is 5.51. The Morgan fingerprint density at radius 3 is 2.73 bits per heavy atom. The third-order valence-corrected chi connectivity index (χ3v) is 6.30. The molecule has 1 heterocycles. The third kappa shape index (κ3) is 4.08. The smallest absolute Gasteiger partial charge is 0.0946 e. The van der Waals surface area contributed by atoms with Gasteiger partial charge in [-0.3, -0.25) is 0 Å². The van der Waals surface area contributed by atoms with Crippen LogP contribution in [0.15, 0.2) is 47.9 Å². The molecule has 0 amide bonds. The second-order valence-corrected chi connectivity index (χ2v) is 8.04. The van der Waals surface area contributed by atoms with Gasteiger partial charge in [-0.2, -0.15) is 0 Å². The monoisotopic (exact) mass is 334 g/mol. The summed E-state index contributed by atoms with van der Waals surface area (Å²) >= 11 is 8.01. The predicted molar refractivity (Wildman–Crippen MR) is 94.4 cm³/mol. The van der Waals surface area contributed by atoms with E-state index >= 15 is 0 Å². The van der Waals surface area contributed by atoms with E-state index in [2.05, 4.69) is 34.8 Å². The van der Waals surface area contributed by atoms with Gasteiger partial charge in [0, 0.05) is 34.1 Å². The minimum Gasteiger partial charge on any atom is -0.336 e. The molecule has 0 bridgehead atoms. The number of hydrogen-bond acceptors (Lipinski definition) is 2. The van der Waals surface area contributed by atoms with Crippen molar-refractivity contribution >= 4 is 23.4 Å². The predicted octanol–water partition coefficient (Wildman–Crippen LogP) is 5.52. The van der Waals surface area contributed by atoms with Crippen LogP contribution in [0, 0.1) is 11.8 Å². The number of hydrogen-bond donors (Lipinski definition) is 0. The van der Waals surface area contributed by atoms with Crippen LogP contribution in [-0.4, -0.2) is 14.8 Å². The molecule has 0 spiro atoms. The SMILES string of the molecule is CC1CCCCC1C(Cn1ccnc1)Sc1ccc(Cl)cc1. The second-order valence-electron chi connectivity index (χ2n) is 6.30. The summed E-state index contributed by atoms with van der Waals surface area (Å²) in [5.41, 5.74) is 0. The van der Waals surface area contributed by atoms with Crippen LogP contribution in [0.4, 0.5) is 0 Å². The Kier molecular flexibility index (Phi) is 5.48. The lowest BCUT2D eigenvalue weighted by atomic mass is 9.78. The molecule has 0 saturated heterocycles. The van der Waals surface area contributed by atoms with Crippen molar-refractivity contribution in [3.8, 4) is 0 Å². The van der Waals surface area contributed by atoms with Gasteiger partial charge in [0.2, 0.25) is 0 Å². The first-order valence-corrected chi connectivity index (χ1v) is 9.36. The van der Waals surface area contributed by atoms with E-state index in [0.717, 1.165) is 23.4 Å². The van der Waals surface area contributed by atoms with Gasteiger partial charge in [0.1, 0.15) is 0 Å². The van der Waals surface area contributed by atoms with Crippen molar-refractivity contribution in [2.75, 3.05) is 0 Å². The first-order chi connectivity index (χ1) is 10.7. The molecule has 22 heavy (non-hydrogen) atoms. The molecule has 1 aromatic carbocycles. The number of halogens is 1. The van der Waals surface area contributed by atoms with Crippen molar-refractivity contribution in [2.24, 2.45) is 11.8 Å². The summed E-state index contributed by atoms with van der Waals surface area (Å²) in [5, 5.41) is 1.40. The lowest BCUT2D eigenvalue weighted by Crippen LogP contribution is -2.30. The Balaban J connectivity index is 1.76. The number of rotatable bonds is 5. The molecule has 0 N–H and O–H groups in total. The maximum atomic E-state index is 6.01. The van der Waals surface area contributed by atoms with Gasteiger partial charge in [-0.25, -0.2) is 4.98 Å². The first kappa shape index (κ1) is 15.9. The highest BCUT2D eigenvalue weighted by atomic mass is 35.5. The number of benzene rings is 1. The average molecular weight is 335 g/mol. The normalized spacial score (nSPS) is 23.4. The highest BCUT2D eigenvalue weighted by Crippen LogP contribution is 2.40. The molecule has 0 radical (unpaired) electrons. The van der Waals surface area contributed by atoms with Crippen molar-refractivity contribution in [3.63, 3.8) is 0 Å². The summed E-state index contributed by atoms with van der Waals surface area (Å²) < 4.78 is 2.22. The van der Waals surface area contributed by atoms with E-state index in [-0.39, 0.29) is 0 Å². The van der Waals surface area contributed by atoms with Gasteiger partial charge < -0.3 is 4.57 Å². The topological polar surface area (TPSA) is 17.8 Å². The molecular weight excluding hydrogens is 312 g/mol. The number of thioether (sulfide) groups is 1. The van der Waals surface area contributed by atoms with Crippen LogP contribution >= 0.6 is 23.4 Å². The van der Waals surface area contributed by atoms with Gasteiger partial charge in [0.05, 0.1) is 6.33 Å². The molecule has 3 unspecified atom stereocenters. The molecule has 1 aliphatic rings. The fourth-order valence-electron chi connectivity index (χ4n) is 3.45. The van der Waals surface area contributed by atoms with E-state index in [0.29, 0.717) is 5.25 Å². The molecule has 1 saturated carbocycles. The van der Waals surface area contributed by atoms with E-state index in [1.807, 2.05) is 36.4 Å². The van der Waals surface area contributed by atoms with Crippen LogP contribution < -0.4 is 0 Å². The zero-order valence-corrected chi connectivity index (χ0v) is 14.6. The van der Waals surface area contributed by atoms with Crippen molar-refractivity contribution in [2.45, 2.75) is 49.3 Å². The zero-order chi connectivity index (χ0) is 15.4. The van der Waals surface area contributed by atoms with Crippen LogP contribution in [0.1, 0.15) is 32.6 Å². The number of nitrogens with zero attached hydrogens (tertiary/aromatic N) is 2. The van der Waals surface area contributed by atoms with Gasteiger partial charge in [-0.1, -0.05) is 37.8 Å². The summed E-state index contributed by atoms with van der Waals surface area (Å²) in [6, 6.07) is 8.26. The third-order valence-electron chi connectivity index (χ3n) is 4.71. The van der Waals surface area contributed by atoms with Crippen LogP contribution in [0.3, 0.4) is 0 Å². The maximum absolute atomic E-state index is 6.01. The highest BCUT2D eigenvalue weighted by Gasteiger charge is 2.30. The van der Waals surface area contributed by atoms with Crippen LogP contribution in [0.5, 0.6) is 0 Å². The van der Waals surface area contributed by atoms with Gasteiger partial charge in [-0.05, 0) is 42.5 Å². The van der Waals surface area contributed by atoms with Crippen molar-refractivity contribution in [1.82, 2.24) is 9.55 Å². The Morgan fingerprint density at radius 2 is 2.05 bits per heavy atom. The fourth-order valence-corrected chi connectivity index (χ4v) is 5.04. The van der Waals surface area contributed by atoms with Crippen LogP contribution in [0.2, 0.25) is 5.02 Å². The van der Waals surface area contributed by atoms with Gasteiger partial charge in [0.15, 0.2) is 0 Å². The van der Waals surface area contributed by atoms with Crippen LogP contribution in [0.25, 0.3) is 0 Å². The van der Waals surface area contributed by atoms with E-state index in [1.54, 1.807) is 0 Å². The molecular formula is C18H23ClN2S. The van der Waals surface area contributed by atoms with Crippen molar-refractivity contribution < 1.29 is 0 Å². The summed E-state index contributed by atoms with van der Waals surface area (Å²) in [7, 11) is 0. The molecule has 1 fully saturated rings. The quantitative estimate of drug-likeness (QED) is 0.669. The van der Waals surface area contributed by atoms with Crippen molar-refractivity contribution in [3.05, 3.63) is 48.0 Å². The molecule has 2 nitrogen and oxygen atoms in total. The molecule has 1 aliphatic carbocycles. The summed E-state index contributed by atoms with van der Waals surface area (Å²) in [6.07, 6.45) is 11.4. The summed E-state index contributed by atoms with van der Waals surface area (Å²) in [5.74, 6) is 1.58. The van der Waals surface area contributed by atoms with Gasteiger partial charge >= 0.3 is 0 Å². The van der Waals surface area contributed by atoms with Gasteiger partial charge in [0.25, 0.3) is 0 Å². The molecule has 2 aromatic rings. The molecule has 1 aromatic heterocycles. The molecule has 3 rings (SSSR count). The fraction of sp³-hybridized carbons (Fsp3) is 0.500. The molecule has 3 atom stereocenters. The second kappa shape index (κ2) is 7.56. The molecule has 4 heteroatoms. The van der Waals surface area contributed by atoms with E-state index < -0.39 is 0 Å². The number of imidazole rings is 1. The van der Waals surface area contributed by atoms with Crippen molar-refractivity contribution in [1.29, 1.82) is 0 Å². The highest BCUT2D eigenvalue weighted by molar-refractivity contribution is 8.00. The lowest BCUT2D eigenvalue weighted by Gasteiger charge is -2.35. The zero-order valence-electron chi connectivity index (χ0n) is 13.0. The first-order valence-electron chi connectivity index (χ1n) is 8.10. The largest absolute Gasteiger partial charge is 0.336 e. The average Bonchev–Trinajstić information content (AvgIpc) is 3.02. The Bertz CT molecular complexity index is 567. The van der Waals surface area contributed by atoms with Gasteiger partial charge in [-0.15, -0.1) is 11.8 Å². The summed E-state index contributed by atoms with van der Waals surface area (Å²) in [6.45, 7) is 3.45. The molecule has 0 aliphatic heterocycles.